The van der Waals surface area contributed by atoms with Crippen LogP contribution < -0.4 is 5.73 Å². The predicted molar refractivity (Wildman–Crippen MR) is 62.0 cm³/mol. The number of nitrogens with zero attached hydrogens (tertiary/aromatic N) is 5. The van der Waals surface area contributed by atoms with Crippen molar-refractivity contribution in [2.24, 2.45) is 0 Å². The maximum atomic E-state index is 5.69. The van der Waals surface area contributed by atoms with E-state index < -0.39 is 0 Å². The first kappa shape index (κ1) is 10.1. The van der Waals surface area contributed by atoms with Gasteiger partial charge in [-0.2, -0.15) is 9.97 Å². The van der Waals surface area contributed by atoms with Crippen molar-refractivity contribution in [2.45, 2.75) is 25.7 Å². The van der Waals surface area contributed by atoms with E-state index in [0.717, 1.165) is 18.7 Å². The van der Waals surface area contributed by atoms with Gasteiger partial charge in [-0.25, -0.2) is 15.0 Å². The zero-order valence-corrected chi connectivity index (χ0v) is 9.46. The molecule has 2 N–H and O–H groups in total. The first-order valence-electron chi connectivity index (χ1n) is 5.54. The molecule has 0 atom stereocenters. The van der Waals surface area contributed by atoms with Crippen molar-refractivity contribution in [1.29, 1.82) is 0 Å². The van der Waals surface area contributed by atoms with E-state index in [1.807, 2.05) is 6.92 Å². The van der Waals surface area contributed by atoms with Crippen LogP contribution in [0.1, 0.15) is 30.4 Å². The molecule has 0 bridgehead atoms. The van der Waals surface area contributed by atoms with Gasteiger partial charge in [0.1, 0.15) is 17.3 Å². The Balaban J connectivity index is 2.07. The summed E-state index contributed by atoms with van der Waals surface area (Å²) in [4.78, 5) is 21.0. The van der Waals surface area contributed by atoms with Crippen LogP contribution in [-0.2, 0) is 0 Å². The Bertz CT molecular complexity index is 564. The van der Waals surface area contributed by atoms with Crippen LogP contribution in [0, 0.1) is 6.92 Å². The third-order valence-electron chi connectivity index (χ3n) is 2.62. The quantitative estimate of drug-likeness (QED) is 0.827. The summed E-state index contributed by atoms with van der Waals surface area (Å²) in [7, 11) is 0. The Morgan fingerprint density at radius 1 is 1.18 bits per heavy atom. The number of aromatic nitrogens is 5. The summed E-state index contributed by atoms with van der Waals surface area (Å²) in [6, 6.07) is 1.78. The van der Waals surface area contributed by atoms with Gasteiger partial charge < -0.3 is 5.73 Å². The van der Waals surface area contributed by atoms with Crippen LogP contribution in [-0.4, -0.2) is 24.9 Å². The molecule has 17 heavy (non-hydrogen) atoms. The largest absolute Gasteiger partial charge is 0.368 e. The summed E-state index contributed by atoms with van der Waals surface area (Å²) in [6.45, 7) is 1.83. The monoisotopic (exact) mass is 228 g/mol. The van der Waals surface area contributed by atoms with E-state index in [4.69, 9.17) is 5.73 Å². The third kappa shape index (κ3) is 2.06. The number of aryl methyl sites for hydroxylation is 1. The molecule has 6 heteroatoms. The number of nitrogen functional groups attached to an aromatic ring is 1. The fourth-order valence-electron chi connectivity index (χ4n) is 1.63. The second-order valence-corrected chi connectivity index (χ2v) is 4.14. The topological polar surface area (TPSA) is 90.5 Å². The smallest absolute Gasteiger partial charge is 0.223 e. The summed E-state index contributed by atoms with van der Waals surface area (Å²) in [5.74, 6) is 2.71. The molecule has 0 radical (unpaired) electrons. The van der Waals surface area contributed by atoms with Crippen molar-refractivity contribution < 1.29 is 0 Å². The lowest BCUT2D eigenvalue weighted by molar-refractivity contribution is 0.895. The normalized spacial score (nSPS) is 14.9. The van der Waals surface area contributed by atoms with E-state index in [-0.39, 0.29) is 5.95 Å². The minimum atomic E-state index is 0.258. The molecule has 2 aromatic rings. The molecule has 1 saturated carbocycles. The van der Waals surface area contributed by atoms with Crippen LogP contribution in [0.3, 0.4) is 0 Å². The van der Waals surface area contributed by atoms with Crippen LogP contribution >= 0.6 is 0 Å². The summed E-state index contributed by atoms with van der Waals surface area (Å²) in [5, 5.41) is 0. The summed E-state index contributed by atoms with van der Waals surface area (Å²) < 4.78 is 0. The molecule has 0 aliphatic heterocycles. The molecule has 86 valence electrons. The fraction of sp³-hybridized carbons (Fsp3) is 0.364. The molecular formula is C11H12N6. The molecule has 3 rings (SSSR count). The predicted octanol–water partition coefficient (Wildman–Crippen LogP) is 1.10. The van der Waals surface area contributed by atoms with E-state index in [1.54, 1.807) is 12.3 Å². The summed E-state index contributed by atoms with van der Waals surface area (Å²) in [5.41, 5.74) is 6.38. The Labute approximate surface area is 98.4 Å². The highest BCUT2D eigenvalue weighted by atomic mass is 15.1. The minimum Gasteiger partial charge on any atom is -0.368 e. The van der Waals surface area contributed by atoms with Crippen LogP contribution in [0.4, 0.5) is 5.95 Å². The molecule has 0 amide bonds. The van der Waals surface area contributed by atoms with Gasteiger partial charge in [-0.3, -0.25) is 0 Å². The summed E-state index contributed by atoms with van der Waals surface area (Å²) in [6.07, 6.45) is 3.95. The van der Waals surface area contributed by atoms with Crippen molar-refractivity contribution in [1.82, 2.24) is 24.9 Å². The van der Waals surface area contributed by atoms with Crippen molar-refractivity contribution in [3.8, 4) is 11.5 Å². The SMILES string of the molecule is Cc1nccc(-c2nc(N)nc(C3CC3)n2)n1. The highest BCUT2D eigenvalue weighted by Gasteiger charge is 2.27. The lowest BCUT2D eigenvalue weighted by Crippen LogP contribution is -2.05. The van der Waals surface area contributed by atoms with Gasteiger partial charge in [0.2, 0.25) is 5.95 Å². The van der Waals surface area contributed by atoms with Gasteiger partial charge >= 0.3 is 0 Å². The molecular weight excluding hydrogens is 216 g/mol. The van der Waals surface area contributed by atoms with Gasteiger partial charge in [-0.15, -0.1) is 0 Å². The maximum Gasteiger partial charge on any atom is 0.223 e. The van der Waals surface area contributed by atoms with Gasteiger partial charge in [0.05, 0.1) is 0 Å². The second-order valence-electron chi connectivity index (χ2n) is 4.14. The van der Waals surface area contributed by atoms with Gasteiger partial charge in [-0.1, -0.05) is 0 Å². The summed E-state index contributed by atoms with van der Waals surface area (Å²) >= 11 is 0. The van der Waals surface area contributed by atoms with Crippen molar-refractivity contribution in [3.05, 3.63) is 23.9 Å². The highest BCUT2D eigenvalue weighted by molar-refractivity contribution is 5.49. The minimum absolute atomic E-state index is 0.258. The average molecular weight is 228 g/mol. The van der Waals surface area contributed by atoms with Gasteiger partial charge in [0.25, 0.3) is 0 Å². The Morgan fingerprint density at radius 2 is 2.00 bits per heavy atom. The van der Waals surface area contributed by atoms with Crippen LogP contribution in [0.2, 0.25) is 0 Å². The Hall–Kier alpha value is -2.11. The van der Waals surface area contributed by atoms with Crippen LogP contribution in [0.5, 0.6) is 0 Å². The molecule has 0 aromatic carbocycles. The second kappa shape index (κ2) is 3.73. The zero-order valence-electron chi connectivity index (χ0n) is 9.46. The van der Waals surface area contributed by atoms with Gasteiger partial charge in [-0.05, 0) is 25.8 Å². The molecule has 1 aliphatic carbocycles. The average Bonchev–Trinajstić information content (AvgIpc) is 3.12. The van der Waals surface area contributed by atoms with Gasteiger partial charge in [0, 0.05) is 12.1 Å². The molecule has 2 aromatic heterocycles. The van der Waals surface area contributed by atoms with Crippen molar-refractivity contribution in [3.63, 3.8) is 0 Å². The van der Waals surface area contributed by atoms with Crippen molar-refractivity contribution in [2.75, 3.05) is 5.73 Å². The highest BCUT2D eigenvalue weighted by Crippen LogP contribution is 2.38. The number of nitrogens with two attached hydrogens (primary N) is 1. The van der Waals surface area contributed by atoms with Gasteiger partial charge in [0.15, 0.2) is 5.82 Å². The van der Waals surface area contributed by atoms with Crippen LogP contribution in [0.25, 0.3) is 11.5 Å². The van der Waals surface area contributed by atoms with Crippen molar-refractivity contribution >= 4 is 5.95 Å². The first-order valence-corrected chi connectivity index (χ1v) is 5.54. The van der Waals surface area contributed by atoms with E-state index >= 15 is 0 Å². The fourth-order valence-corrected chi connectivity index (χ4v) is 1.63. The molecule has 0 saturated heterocycles. The molecule has 2 heterocycles. The maximum absolute atomic E-state index is 5.69. The number of hydrogen-bond donors (Lipinski definition) is 1. The third-order valence-corrected chi connectivity index (χ3v) is 2.62. The lowest BCUT2D eigenvalue weighted by atomic mass is 10.3. The standard InChI is InChI=1S/C11H12N6/c1-6-13-5-4-8(14-6)10-15-9(7-2-3-7)16-11(12)17-10/h4-5,7H,2-3H2,1H3,(H2,12,15,16,17). The first-order chi connectivity index (χ1) is 8.22. The van der Waals surface area contributed by atoms with E-state index in [2.05, 4.69) is 24.9 Å². The molecule has 0 unspecified atom stereocenters. The van der Waals surface area contributed by atoms with Crippen LogP contribution in [0.15, 0.2) is 12.3 Å². The number of hydrogen-bond acceptors (Lipinski definition) is 6. The number of anilines is 1. The van der Waals surface area contributed by atoms with E-state index in [9.17, 15) is 0 Å². The lowest BCUT2D eigenvalue weighted by Gasteiger charge is -2.03. The molecule has 1 fully saturated rings. The zero-order chi connectivity index (χ0) is 11.8. The molecule has 6 nitrogen and oxygen atoms in total. The Kier molecular flexibility index (Phi) is 2.21. The molecule has 1 aliphatic rings. The van der Waals surface area contributed by atoms with E-state index in [1.165, 1.54) is 0 Å². The molecule has 0 spiro atoms. The van der Waals surface area contributed by atoms with E-state index in [0.29, 0.717) is 23.3 Å². The Morgan fingerprint density at radius 3 is 2.71 bits per heavy atom. The number of rotatable bonds is 2.